The van der Waals surface area contributed by atoms with Crippen molar-refractivity contribution in [3.8, 4) is 17.2 Å². The summed E-state index contributed by atoms with van der Waals surface area (Å²) in [4.78, 5) is 0. The van der Waals surface area contributed by atoms with E-state index in [1.165, 1.54) is 12.1 Å². The van der Waals surface area contributed by atoms with Gasteiger partial charge in [0.1, 0.15) is 5.75 Å². The first-order valence-corrected chi connectivity index (χ1v) is 5.98. The summed E-state index contributed by atoms with van der Waals surface area (Å²) < 4.78 is 0. The molecule has 3 nitrogen and oxygen atoms in total. The van der Waals surface area contributed by atoms with E-state index in [2.05, 4.69) is 0 Å². The highest BCUT2D eigenvalue weighted by atomic mass is 16.3. The van der Waals surface area contributed by atoms with Gasteiger partial charge in [-0.1, -0.05) is 18.2 Å². The summed E-state index contributed by atoms with van der Waals surface area (Å²) in [5.74, 6) is -0.0225. The summed E-state index contributed by atoms with van der Waals surface area (Å²) in [5, 5.41) is 28.1. The molecule has 2 aromatic rings. The largest absolute Gasteiger partial charge is 0.508 e. The summed E-state index contributed by atoms with van der Waals surface area (Å²) >= 11 is 0. The highest BCUT2D eigenvalue weighted by molar-refractivity contribution is 5.89. The van der Waals surface area contributed by atoms with E-state index in [0.29, 0.717) is 0 Å². The number of allylic oxidation sites excluding steroid dienone is 2. The van der Waals surface area contributed by atoms with Crippen molar-refractivity contribution in [2.45, 2.75) is 13.8 Å². The van der Waals surface area contributed by atoms with Crippen molar-refractivity contribution in [3.63, 3.8) is 0 Å². The minimum absolute atomic E-state index is 0.126. The molecule has 0 bridgehead atoms. The van der Waals surface area contributed by atoms with Crippen molar-refractivity contribution in [3.05, 3.63) is 53.6 Å². The molecule has 0 spiro atoms. The van der Waals surface area contributed by atoms with Gasteiger partial charge in [-0.15, -0.1) is 0 Å². The molecular weight excluding hydrogens is 240 g/mol. The molecule has 0 unspecified atom stereocenters. The van der Waals surface area contributed by atoms with Crippen LogP contribution in [-0.2, 0) is 0 Å². The van der Waals surface area contributed by atoms with Gasteiger partial charge in [0.2, 0.25) is 0 Å². The predicted octanol–water partition coefficient (Wildman–Crippen LogP) is 3.75. The number of aromatic hydroxyl groups is 3. The molecule has 3 N–H and O–H groups in total. The summed E-state index contributed by atoms with van der Waals surface area (Å²) in [6.45, 7) is 3.93. The number of benzene rings is 2. The quantitative estimate of drug-likeness (QED) is 0.566. The van der Waals surface area contributed by atoms with E-state index in [1.54, 1.807) is 18.2 Å². The minimum atomic E-state index is -0.129. The zero-order valence-corrected chi connectivity index (χ0v) is 10.9. The van der Waals surface area contributed by atoms with Gasteiger partial charge < -0.3 is 15.3 Å². The molecule has 0 saturated heterocycles. The lowest BCUT2D eigenvalue weighted by molar-refractivity contribution is 0.403. The first-order valence-electron chi connectivity index (χ1n) is 5.98. The van der Waals surface area contributed by atoms with Crippen molar-refractivity contribution < 1.29 is 15.3 Å². The maximum atomic E-state index is 9.53. The fourth-order valence-electron chi connectivity index (χ4n) is 1.90. The van der Waals surface area contributed by atoms with Crippen LogP contribution >= 0.6 is 0 Å². The molecule has 3 heteroatoms. The molecule has 0 aliphatic carbocycles. The summed E-state index contributed by atoms with van der Waals surface area (Å²) in [7, 11) is 0. The van der Waals surface area contributed by atoms with Gasteiger partial charge in [0, 0.05) is 0 Å². The Morgan fingerprint density at radius 2 is 1.21 bits per heavy atom. The fraction of sp³-hybridized carbons (Fsp3) is 0.125. The Kier molecular flexibility index (Phi) is 3.47. The Balaban J connectivity index is 2.45. The average molecular weight is 256 g/mol. The van der Waals surface area contributed by atoms with Crippen LogP contribution in [0, 0.1) is 0 Å². The molecule has 0 aliphatic heterocycles. The van der Waals surface area contributed by atoms with Crippen LogP contribution in [0.25, 0.3) is 11.1 Å². The van der Waals surface area contributed by atoms with Crippen LogP contribution in [0.5, 0.6) is 17.2 Å². The monoisotopic (exact) mass is 256 g/mol. The number of rotatable bonds is 2. The highest BCUT2D eigenvalue weighted by Crippen LogP contribution is 2.32. The molecule has 0 aromatic heterocycles. The third-order valence-corrected chi connectivity index (χ3v) is 3.27. The number of hydrogen-bond donors (Lipinski definition) is 3. The molecule has 0 saturated carbocycles. The van der Waals surface area contributed by atoms with E-state index in [1.807, 2.05) is 26.0 Å². The maximum Gasteiger partial charge on any atom is 0.157 e. The fourth-order valence-corrected chi connectivity index (χ4v) is 1.90. The topological polar surface area (TPSA) is 60.7 Å². The second-order valence-corrected chi connectivity index (χ2v) is 4.50. The van der Waals surface area contributed by atoms with Crippen LogP contribution in [0.2, 0.25) is 0 Å². The molecule has 0 heterocycles. The Bertz CT molecular complexity index is 625. The van der Waals surface area contributed by atoms with Crippen LogP contribution < -0.4 is 0 Å². The van der Waals surface area contributed by atoms with Gasteiger partial charge in [0.05, 0.1) is 0 Å². The van der Waals surface area contributed by atoms with Crippen LogP contribution in [-0.4, -0.2) is 15.3 Å². The normalized spacial score (nSPS) is 12.1. The second-order valence-electron chi connectivity index (χ2n) is 4.50. The first-order chi connectivity index (χ1) is 8.99. The van der Waals surface area contributed by atoms with E-state index in [4.69, 9.17) is 0 Å². The van der Waals surface area contributed by atoms with E-state index in [0.717, 1.165) is 22.3 Å². The predicted molar refractivity (Wildman–Crippen MR) is 76.0 cm³/mol. The van der Waals surface area contributed by atoms with E-state index in [-0.39, 0.29) is 17.2 Å². The summed E-state index contributed by atoms with van der Waals surface area (Å²) in [6.07, 6.45) is 0. The Hall–Kier alpha value is -2.42. The number of hydrogen-bond acceptors (Lipinski definition) is 3. The lowest BCUT2D eigenvalue weighted by Crippen LogP contribution is -1.86. The van der Waals surface area contributed by atoms with Crippen LogP contribution in [0.1, 0.15) is 25.0 Å². The zero-order chi connectivity index (χ0) is 14.0. The molecule has 98 valence electrons. The van der Waals surface area contributed by atoms with Gasteiger partial charge in [0.15, 0.2) is 11.5 Å². The SMILES string of the molecule is C/C(=C(/C)c1ccc(O)c(O)c1)c1ccc(O)cc1. The standard InChI is InChI=1S/C16H16O3/c1-10(12-3-6-14(17)7-4-12)11(2)13-5-8-15(18)16(19)9-13/h3-9,17-19H,1-2H3/b11-10+. The van der Waals surface area contributed by atoms with E-state index >= 15 is 0 Å². The van der Waals surface area contributed by atoms with Crippen molar-refractivity contribution >= 4 is 11.1 Å². The Labute approximate surface area is 112 Å². The van der Waals surface area contributed by atoms with Crippen LogP contribution in [0.15, 0.2) is 42.5 Å². The van der Waals surface area contributed by atoms with Gasteiger partial charge in [-0.25, -0.2) is 0 Å². The second kappa shape index (κ2) is 5.06. The van der Waals surface area contributed by atoms with Crippen molar-refractivity contribution in [2.75, 3.05) is 0 Å². The molecule has 0 atom stereocenters. The molecular formula is C16H16O3. The lowest BCUT2D eigenvalue weighted by Gasteiger charge is -2.10. The summed E-state index contributed by atoms with van der Waals surface area (Å²) in [5.41, 5.74) is 3.90. The van der Waals surface area contributed by atoms with Gasteiger partial charge in [-0.05, 0) is 60.4 Å². The van der Waals surface area contributed by atoms with Crippen molar-refractivity contribution in [2.24, 2.45) is 0 Å². The molecule has 2 aromatic carbocycles. The van der Waals surface area contributed by atoms with Gasteiger partial charge in [0.25, 0.3) is 0 Å². The summed E-state index contributed by atoms with van der Waals surface area (Å²) in [6, 6.07) is 11.7. The molecule has 0 radical (unpaired) electrons. The lowest BCUT2D eigenvalue weighted by atomic mass is 9.97. The first kappa shape index (κ1) is 13.0. The molecule has 2 rings (SSSR count). The van der Waals surface area contributed by atoms with Crippen molar-refractivity contribution in [1.29, 1.82) is 0 Å². The maximum absolute atomic E-state index is 9.53. The third kappa shape index (κ3) is 2.71. The molecule has 19 heavy (non-hydrogen) atoms. The van der Waals surface area contributed by atoms with Crippen LogP contribution in [0.3, 0.4) is 0 Å². The highest BCUT2D eigenvalue weighted by Gasteiger charge is 2.06. The average Bonchev–Trinajstić information content (AvgIpc) is 2.41. The van der Waals surface area contributed by atoms with E-state index in [9.17, 15) is 15.3 Å². The third-order valence-electron chi connectivity index (χ3n) is 3.27. The van der Waals surface area contributed by atoms with Gasteiger partial charge >= 0.3 is 0 Å². The molecule has 0 fully saturated rings. The van der Waals surface area contributed by atoms with Crippen LogP contribution in [0.4, 0.5) is 0 Å². The zero-order valence-electron chi connectivity index (χ0n) is 10.9. The number of phenols is 3. The number of phenolic OH excluding ortho intramolecular Hbond substituents is 3. The molecule has 0 aliphatic rings. The molecule has 0 amide bonds. The minimum Gasteiger partial charge on any atom is -0.508 e. The Morgan fingerprint density at radius 1 is 0.684 bits per heavy atom. The Morgan fingerprint density at radius 3 is 1.79 bits per heavy atom. The van der Waals surface area contributed by atoms with Crippen molar-refractivity contribution in [1.82, 2.24) is 0 Å². The van der Waals surface area contributed by atoms with Gasteiger partial charge in [-0.3, -0.25) is 0 Å². The smallest absolute Gasteiger partial charge is 0.157 e. The van der Waals surface area contributed by atoms with Gasteiger partial charge in [-0.2, -0.15) is 0 Å². The van der Waals surface area contributed by atoms with E-state index < -0.39 is 0 Å².